The summed E-state index contributed by atoms with van der Waals surface area (Å²) >= 11 is 0. The molecule has 4 nitrogen and oxygen atoms in total. The second-order valence-corrected chi connectivity index (χ2v) is 5.67. The average Bonchev–Trinajstić information content (AvgIpc) is 2.49. The lowest BCUT2D eigenvalue weighted by molar-refractivity contribution is -0.0687. The molecule has 0 aliphatic carbocycles. The summed E-state index contributed by atoms with van der Waals surface area (Å²) < 4.78 is 0. The van der Waals surface area contributed by atoms with E-state index in [0.29, 0.717) is 19.4 Å². The summed E-state index contributed by atoms with van der Waals surface area (Å²) in [4.78, 5) is 2.17. The highest BCUT2D eigenvalue weighted by Gasteiger charge is 2.32. The molecule has 1 aromatic carbocycles. The summed E-state index contributed by atoms with van der Waals surface area (Å²) in [6.45, 7) is 2.14. The number of benzene rings is 1. The molecule has 1 aliphatic heterocycles. The summed E-state index contributed by atoms with van der Waals surface area (Å²) in [6.07, 6.45) is 2.07. The van der Waals surface area contributed by atoms with Crippen molar-refractivity contribution in [3.05, 3.63) is 35.4 Å². The first-order valence-electron chi connectivity index (χ1n) is 7.39. The molecular formula is C17H23NO3. The first kappa shape index (κ1) is 16.0. The van der Waals surface area contributed by atoms with Crippen molar-refractivity contribution in [3.8, 4) is 11.8 Å². The van der Waals surface area contributed by atoms with Crippen LogP contribution in [-0.2, 0) is 6.54 Å². The van der Waals surface area contributed by atoms with Crippen LogP contribution in [0.2, 0.25) is 0 Å². The zero-order valence-corrected chi connectivity index (χ0v) is 12.3. The van der Waals surface area contributed by atoms with Gasteiger partial charge in [-0.15, -0.1) is 0 Å². The van der Waals surface area contributed by atoms with Crippen molar-refractivity contribution in [3.63, 3.8) is 0 Å². The van der Waals surface area contributed by atoms with Gasteiger partial charge in [-0.25, -0.2) is 0 Å². The molecule has 1 fully saturated rings. The van der Waals surface area contributed by atoms with Crippen LogP contribution in [-0.4, -0.2) is 52.1 Å². The minimum atomic E-state index is -0.950. The van der Waals surface area contributed by atoms with Crippen LogP contribution in [0.1, 0.15) is 30.4 Å². The Hall–Kier alpha value is -1.38. The Morgan fingerprint density at radius 1 is 1.19 bits per heavy atom. The summed E-state index contributed by atoms with van der Waals surface area (Å²) in [5.41, 5.74) is 1.16. The molecule has 1 heterocycles. The van der Waals surface area contributed by atoms with E-state index in [2.05, 4.69) is 16.7 Å². The van der Waals surface area contributed by atoms with Crippen LogP contribution in [0.25, 0.3) is 0 Å². The lowest BCUT2D eigenvalue weighted by Gasteiger charge is -2.38. The van der Waals surface area contributed by atoms with E-state index in [1.165, 1.54) is 5.56 Å². The summed E-state index contributed by atoms with van der Waals surface area (Å²) in [7, 11) is 0. The number of aliphatic hydroxyl groups excluding tert-OH is 2. The van der Waals surface area contributed by atoms with Crippen LogP contribution in [0.3, 0.4) is 0 Å². The monoisotopic (exact) mass is 289 g/mol. The molecule has 1 aliphatic rings. The van der Waals surface area contributed by atoms with Crippen molar-refractivity contribution in [1.82, 2.24) is 4.90 Å². The molecule has 3 N–H and O–H groups in total. The van der Waals surface area contributed by atoms with Crippen molar-refractivity contribution in [2.75, 3.05) is 26.3 Å². The van der Waals surface area contributed by atoms with Gasteiger partial charge in [-0.05, 0) is 37.1 Å². The lowest BCUT2D eigenvalue weighted by atomic mass is 9.93. The molecule has 2 rings (SSSR count). The number of likely N-dealkylation sites (tertiary alicyclic amines) is 1. The third kappa shape index (κ3) is 4.83. The highest BCUT2D eigenvalue weighted by atomic mass is 16.3. The quantitative estimate of drug-likeness (QED) is 0.715. The maximum atomic E-state index is 10.2. The van der Waals surface area contributed by atoms with E-state index in [-0.39, 0.29) is 13.2 Å². The molecule has 0 aromatic heterocycles. The zero-order valence-electron chi connectivity index (χ0n) is 12.3. The Bertz CT molecular complexity index is 503. The third-order valence-corrected chi connectivity index (χ3v) is 3.76. The molecular weight excluding hydrogens is 266 g/mol. The second-order valence-electron chi connectivity index (χ2n) is 5.67. The predicted octanol–water partition coefficient (Wildman–Crippen LogP) is 0.740. The molecule has 0 radical (unpaired) electrons. The fourth-order valence-electron chi connectivity index (χ4n) is 2.64. The smallest absolute Gasteiger partial charge is 0.100 e. The van der Waals surface area contributed by atoms with E-state index < -0.39 is 5.60 Å². The normalized spacial score (nSPS) is 22.6. The Morgan fingerprint density at radius 3 is 2.62 bits per heavy atom. The Balaban J connectivity index is 1.93. The van der Waals surface area contributed by atoms with Crippen LogP contribution >= 0.6 is 0 Å². The van der Waals surface area contributed by atoms with Gasteiger partial charge in [0.25, 0.3) is 0 Å². The van der Waals surface area contributed by atoms with Gasteiger partial charge in [0.2, 0.25) is 0 Å². The maximum absolute atomic E-state index is 10.2. The molecule has 1 aromatic rings. The first-order chi connectivity index (χ1) is 10.1. The van der Waals surface area contributed by atoms with Crippen molar-refractivity contribution in [2.45, 2.75) is 31.4 Å². The number of hydrogen-bond acceptors (Lipinski definition) is 4. The van der Waals surface area contributed by atoms with Crippen LogP contribution in [0, 0.1) is 11.8 Å². The number of nitrogens with zero attached hydrogens (tertiary/aromatic N) is 1. The van der Waals surface area contributed by atoms with Crippen molar-refractivity contribution >= 4 is 0 Å². The minimum absolute atomic E-state index is 0.0911. The van der Waals surface area contributed by atoms with E-state index in [9.17, 15) is 10.2 Å². The predicted molar refractivity (Wildman–Crippen MR) is 81.6 cm³/mol. The molecule has 0 amide bonds. The standard InChI is InChI=1S/C17H23NO3/c19-11-2-1-4-15-5-7-16(8-6-15)12-18-10-3-9-17(21,13-18)14-20/h5-8,19-21H,2-3,9-14H2/t17-/m0/s1. The zero-order chi connectivity index (χ0) is 15.1. The van der Waals surface area contributed by atoms with Crippen LogP contribution < -0.4 is 0 Å². The molecule has 4 heteroatoms. The molecule has 0 bridgehead atoms. The van der Waals surface area contributed by atoms with Gasteiger partial charge in [0.05, 0.1) is 13.2 Å². The van der Waals surface area contributed by atoms with Crippen molar-refractivity contribution in [1.29, 1.82) is 0 Å². The van der Waals surface area contributed by atoms with Gasteiger partial charge in [0.1, 0.15) is 5.60 Å². The largest absolute Gasteiger partial charge is 0.395 e. The van der Waals surface area contributed by atoms with Crippen LogP contribution in [0.15, 0.2) is 24.3 Å². The fraction of sp³-hybridized carbons (Fsp3) is 0.529. The van der Waals surface area contributed by atoms with Gasteiger partial charge in [-0.2, -0.15) is 0 Å². The van der Waals surface area contributed by atoms with E-state index >= 15 is 0 Å². The number of rotatable bonds is 4. The average molecular weight is 289 g/mol. The Morgan fingerprint density at radius 2 is 1.95 bits per heavy atom. The Labute approximate surface area is 126 Å². The molecule has 1 saturated heterocycles. The summed E-state index contributed by atoms with van der Waals surface area (Å²) in [5.74, 6) is 5.90. The van der Waals surface area contributed by atoms with Crippen LogP contribution in [0.4, 0.5) is 0 Å². The lowest BCUT2D eigenvalue weighted by Crippen LogP contribution is -2.49. The van der Waals surface area contributed by atoms with Gasteiger partial charge in [-0.3, -0.25) is 4.90 Å². The minimum Gasteiger partial charge on any atom is -0.395 e. The summed E-state index contributed by atoms with van der Waals surface area (Å²) in [5, 5.41) is 28.1. The topological polar surface area (TPSA) is 63.9 Å². The molecule has 0 saturated carbocycles. The number of hydrogen-bond donors (Lipinski definition) is 3. The number of aliphatic hydroxyl groups is 3. The van der Waals surface area contributed by atoms with E-state index in [0.717, 1.165) is 25.1 Å². The van der Waals surface area contributed by atoms with Gasteiger partial charge < -0.3 is 15.3 Å². The first-order valence-corrected chi connectivity index (χ1v) is 7.39. The SMILES string of the molecule is OCCC#Cc1ccc(CN2CCC[C@@](O)(CO)C2)cc1. The van der Waals surface area contributed by atoms with E-state index in [1.807, 2.05) is 24.3 Å². The number of piperidine rings is 1. The fourth-order valence-corrected chi connectivity index (χ4v) is 2.64. The Kier molecular flexibility index (Phi) is 5.77. The highest BCUT2D eigenvalue weighted by Crippen LogP contribution is 2.22. The highest BCUT2D eigenvalue weighted by molar-refractivity contribution is 5.36. The molecule has 114 valence electrons. The van der Waals surface area contributed by atoms with Crippen LogP contribution in [0.5, 0.6) is 0 Å². The van der Waals surface area contributed by atoms with Gasteiger partial charge >= 0.3 is 0 Å². The van der Waals surface area contributed by atoms with E-state index in [4.69, 9.17) is 5.11 Å². The second kappa shape index (κ2) is 7.58. The molecule has 1 atom stereocenters. The van der Waals surface area contributed by atoms with Gasteiger partial charge in [-0.1, -0.05) is 24.0 Å². The van der Waals surface area contributed by atoms with Gasteiger partial charge in [0.15, 0.2) is 0 Å². The van der Waals surface area contributed by atoms with Gasteiger partial charge in [0, 0.05) is 25.1 Å². The third-order valence-electron chi connectivity index (χ3n) is 3.76. The molecule has 0 unspecified atom stereocenters. The van der Waals surface area contributed by atoms with Crippen molar-refractivity contribution < 1.29 is 15.3 Å². The molecule has 0 spiro atoms. The van der Waals surface area contributed by atoms with E-state index in [1.54, 1.807) is 0 Å². The maximum Gasteiger partial charge on any atom is 0.100 e. The summed E-state index contributed by atoms with van der Waals surface area (Å²) in [6, 6.07) is 8.02. The number of β-amino-alcohol motifs (C(OH)–C–C–N with tert-alkyl or cyclic N) is 1. The van der Waals surface area contributed by atoms with Crippen molar-refractivity contribution in [2.24, 2.45) is 0 Å². The molecule has 21 heavy (non-hydrogen) atoms.